The van der Waals surface area contributed by atoms with Crippen molar-refractivity contribution in [2.45, 2.75) is 0 Å². The van der Waals surface area contributed by atoms with Crippen molar-refractivity contribution in [3.63, 3.8) is 0 Å². The third-order valence-electron chi connectivity index (χ3n) is 3.12. The van der Waals surface area contributed by atoms with Gasteiger partial charge in [0.1, 0.15) is 0 Å². The van der Waals surface area contributed by atoms with E-state index in [1.807, 2.05) is 78.0 Å². The lowest BCUT2D eigenvalue weighted by Gasteiger charge is -2.19. The summed E-state index contributed by atoms with van der Waals surface area (Å²) in [5.74, 6) is 0. The summed E-state index contributed by atoms with van der Waals surface area (Å²) >= 11 is 0. The van der Waals surface area contributed by atoms with Gasteiger partial charge in [-0.3, -0.25) is 0 Å². The molecule has 0 bridgehead atoms. The standard InChI is InChI=1S/C19H16N2/c1-4-10-17(11-5-1)16-20-21(18-12-6-2-7-13-18)19-14-8-3-9-15-19/h1-16H/b20-16+. The SMILES string of the molecule is C(=N\N(c1ccccc1)c1ccccc1)/c1ccccc1. The molecule has 0 amide bonds. The molecule has 3 aromatic rings. The monoisotopic (exact) mass is 272 g/mol. The second-order valence-electron chi connectivity index (χ2n) is 4.64. The topological polar surface area (TPSA) is 15.6 Å². The molecule has 2 nitrogen and oxygen atoms in total. The maximum Gasteiger partial charge on any atom is 0.0652 e. The van der Waals surface area contributed by atoms with Gasteiger partial charge in [0.2, 0.25) is 0 Å². The van der Waals surface area contributed by atoms with Gasteiger partial charge in [0.05, 0.1) is 17.6 Å². The molecule has 0 saturated carbocycles. The lowest BCUT2D eigenvalue weighted by molar-refractivity contribution is 1.09. The van der Waals surface area contributed by atoms with Crippen molar-refractivity contribution in [3.05, 3.63) is 96.6 Å². The Kier molecular flexibility index (Phi) is 4.08. The predicted molar refractivity (Wildman–Crippen MR) is 89.1 cm³/mol. The Balaban J connectivity index is 1.96. The Morgan fingerprint density at radius 1 is 0.571 bits per heavy atom. The first-order chi connectivity index (χ1) is 10.4. The van der Waals surface area contributed by atoms with Crippen LogP contribution in [0.3, 0.4) is 0 Å². The number of hydrogen-bond donors (Lipinski definition) is 0. The van der Waals surface area contributed by atoms with Gasteiger partial charge in [0, 0.05) is 0 Å². The minimum absolute atomic E-state index is 1.04. The van der Waals surface area contributed by atoms with Gasteiger partial charge in [-0.1, -0.05) is 66.7 Å². The molecule has 0 aliphatic rings. The number of hydrogen-bond acceptors (Lipinski definition) is 2. The molecular formula is C19H16N2. The van der Waals surface area contributed by atoms with Crippen LogP contribution in [0.1, 0.15) is 5.56 Å². The molecule has 2 heteroatoms. The quantitative estimate of drug-likeness (QED) is 0.489. The third-order valence-corrected chi connectivity index (χ3v) is 3.12. The van der Waals surface area contributed by atoms with Crippen molar-refractivity contribution in [2.24, 2.45) is 5.10 Å². The van der Waals surface area contributed by atoms with Gasteiger partial charge in [-0.2, -0.15) is 5.10 Å². The van der Waals surface area contributed by atoms with E-state index < -0.39 is 0 Å². The molecule has 0 aromatic heterocycles. The average Bonchev–Trinajstić information content (AvgIpc) is 2.58. The normalized spacial score (nSPS) is 10.7. The van der Waals surface area contributed by atoms with E-state index >= 15 is 0 Å². The molecule has 3 aromatic carbocycles. The highest BCUT2D eigenvalue weighted by atomic mass is 15.5. The Labute approximate surface area is 125 Å². The van der Waals surface area contributed by atoms with E-state index in [2.05, 4.69) is 29.4 Å². The minimum atomic E-state index is 1.04. The van der Waals surface area contributed by atoms with Crippen molar-refractivity contribution in [1.29, 1.82) is 0 Å². The molecule has 0 saturated heterocycles. The molecule has 0 N–H and O–H groups in total. The summed E-state index contributed by atoms with van der Waals surface area (Å²) in [7, 11) is 0. The van der Waals surface area contributed by atoms with Crippen LogP contribution in [-0.4, -0.2) is 6.21 Å². The molecule has 0 aliphatic carbocycles. The molecule has 0 fully saturated rings. The Morgan fingerprint density at radius 3 is 1.48 bits per heavy atom. The van der Waals surface area contributed by atoms with Gasteiger partial charge >= 0.3 is 0 Å². The van der Waals surface area contributed by atoms with Crippen LogP contribution in [0.4, 0.5) is 11.4 Å². The van der Waals surface area contributed by atoms with Gasteiger partial charge < -0.3 is 0 Å². The van der Waals surface area contributed by atoms with E-state index in [1.54, 1.807) is 0 Å². The minimum Gasteiger partial charge on any atom is -0.234 e. The summed E-state index contributed by atoms with van der Waals surface area (Å²) in [5.41, 5.74) is 3.15. The maximum absolute atomic E-state index is 4.64. The first kappa shape index (κ1) is 13.1. The third kappa shape index (κ3) is 3.37. The van der Waals surface area contributed by atoms with E-state index in [-0.39, 0.29) is 0 Å². The van der Waals surface area contributed by atoms with Crippen LogP contribution in [0.15, 0.2) is 96.1 Å². The number of nitrogens with zero attached hydrogens (tertiary/aromatic N) is 2. The molecule has 0 heterocycles. The van der Waals surface area contributed by atoms with E-state index in [4.69, 9.17) is 0 Å². The number of rotatable bonds is 4. The van der Waals surface area contributed by atoms with Crippen LogP contribution in [0.5, 0.6) is 0 Å². The van der Waals surface area contributed by atoms with E-state index in [0.29, 0.717) is 0 Å². The second kappa shape index (κ2) is 6.53. The Hall–Kier alpha value is -2.87. The summed E-state index contributed by atoms with van der Waals surface area (Å²) in [6.07, 6.45) is 1.88. The molecule has 102 valence electrons. The largest absolute Gasteiger partial charge is 0.234 e. The number of hydrazone groups is 1. The van der Waals surface area contributed by atoms with E-state index in [0.717, 1.165) is 16.9 Å². The average molecular weight is 272 g/mol. The van der Waals surface area contributed by atoms with Gasteiger partial charge in [-0.15, -0.1) is 0 Å². The molecule has 0 atom stereocenters. The molecule has 0 unspecified atom stereocenters. The molecule has 0 radical (unpaired) electrons. The highest BCUT2D eigenvalue weighted by molar-refractivity contribution is 5.81. The molecule has 0 aliphatic heterocycles. The summed E-state index contributed by atoms with van der Waals surface area (Å²) in [5, 5.41) is 6.58. The van der Waals surface area contributed by atoms with Crippen molar-refractivity contribution in [2.75, 3.05) is 5.01 Å². The zero-order valence-electron chi connectivity index (χ0n) is 11.6. The van der Waals surface area contributed by atoms with Crippen LogP contribution < -0.4 is 5.01 Å². The lowest BCUT2D eigenvalue weighted by Crippen LogP contribution is -2.09. The van der Waals surface area contributed by atoms with Gasteiger partial charge in [0.25, 0.3) is 0 Å². The summed E-state index contributed by atoms with van der Waals surface area (Å²) < 4.78 is 0. The van der Waals surface area contributed by atoms with Crippen LogP contribution in [0.25, 0.3) is 0 Å². The number of para-hydroxylation sites is 2. The molecule has 3 rings (SSSR count). The summed E-state index contributed by atoms with van der Waals surface area (Å²) in [6, 6.07) is 30.4. The lowest BCUT2D eigenvalue weighted by atomic mass is 10.2. The molecular weight excluding hydrogens is 256 g/mol. The summed E-state index contributed by atoms with van der Waals surface area (Å²) in [4.78, 5) is 0. The summed E-state index contributed by atoms with van der Waals surface area (Å²) in [6.45, 7) is 0. The van der Waals surface area contributed by atoms with Gasteiger partial charge in [-0.05, 0) is 29.8 Å². The fourth-order valence-electron chi connectivity index (χ4n) is 2.08. The first-order valence-electron chi connectivity index (χ1n) is 6.93. The van der Waals surface area contributed by atoms with Crippen molar-refractivity contribution < 1.29 is 0 Å². The van der Waals surface area contributed by atoms with E-state index in [9.17, 15) is 0 Å². The highest BCUT2D eigenvalue weighted by Gasteiger charge is 2.06. The zero-order valence-corrected chi connectivity index (χ0v) is 11.6. The predicted octanol–water partition coefficient (Wildman–Crippen LogP) is 4.86. The Morgan fingerprint density at radius 2 is 1.00 bits per heavy atom. The first-order valence-corrected chi connectivity index (χ1v) is 6.93. The van der Waals surface area contributed by atoms with Crippen molar-refractivity contribution in [3.8, 4) is 0 Å². The Bertz CT molecular complexity index is 652. The fourth-order valence-corrected chi connectivity index (χ4v) is 2.08. The van der Waals surface area contributed by atoms with Crippen LogP contribution in [-0.2, 0) is 0 Å². The fraction of sp³-hybridized carbons (Fsp3) is 0. The van der Waals surface area contributed by atoms with Crippen molar-refractivity contribution in [1.82, 2.24) is 0 Å². The maximum atomic E-state index is 4.64. The number of anilines is 2. The van der Waals surface area contributed by atoms with Gasteiger partial charge in [0.15, 0.2) is 0 Å². The van der Waals surface area contributed by atoms with Gasteiger partial charge in [-0.25, -0.2) is 5.01 Å². The smallest absolute Gasteiger partial charge is 0.0652 e. The highest BCUT2D eigenvalue weighted by Crippen LogP contribution is 2.24. The van der Waals surface area contributed by atoms with E-state index in [1.165, 1.54) is 0 Å². The number of benzene rings is 3. The van der Waals surface area contributed by atoms with Crippen LogP contribution in [0.2, 0.25) is 0 Å². The zero-order chi connectivity index (χ0) is 14.3. The van der Waals surface area contributed by atoms with Crippen LogP contribution >= 0.6 is 0 Å². The second-order valence-corrected chi connectivity index (χ2v) is 4.64. The van der Waals surface area contributed by atoms with Crippen LogP contribution in [0, 0.1) is 0 Å². The molecule has 0 spiro atoms. The molecule has 21 heavy (non-hydrogen) atoms. The van der Waals surface area contributed by atoms with Crippen molar-refractivity contribution >= 4 is 17.6 Å².